The van der Waals surface area contributed by atoms with Gasteiger partial charge in [-0.3, -0.25) is 9.78 Å². The summed E-state index contributed by atoms with van der Waals surface area (Å²) in [5.74, 6) is 0.427. The van der Waals surface area contributed by atoms with Crippen molar-refractivity contribution in [3.05, 3.63) is 52.9 Å². The molecule has 2 unspecified atom stereocenters. The molecule has 2 atom stereocenters. The normalized spacial score (nSPS) is 16.7. The highest BCUT2D eigenvalue weighted by molar-refractivity contribution is 6.06. The van der Waals surface area contributed by atoms with Gasteiger partial charge in [0.05, 0.1) is 11.1 Å². The second kappa shape index (κ2) is 8.26. The molecule has 3 aromatic rings. The Morgan fingerprint density at radius 3 is 2.87 bits per heavy atom. The van der Waals surface area contributed by atoms with Crippen LogP contribution in [-0.2, 0) is 22.4 Å². The smallest absolute Gasteiger partial charge is 0.339 e. The summed E-state index contributed by atoms with van der Waals surface area (Å²) in [4.78, 5) is 30.7. The lowest BCUT2D eigenvalue weighted by Crippen LogP contribution is -2.33. The summed E-state index contributed by atoms with van der Waals surface area (Å²) in [5.41, 5.74) is 3.20. The zero-order valence-electron chi connectivity index (χ0n) is 17.4. The number of nitrogens with one attached hydrogen (secondary N) is 1. The van der Waals surface area contributed by atoms with Gasteiger partial charge in [-0.2, -0.15) is 0 Å². The first kappa shape index (κ1) is 20.1. The first-order valence-electron chi connectivity index (χ1n) is 10.3. The van der Waals surface area contributed by atoms with Crippen LogP contribution in [0.4, 0.5) is 5.82 Å². The van der Waals surface area contributed by atoms with E-state index < -0.39 is 18.0 Å². The van der Waals surface area contributed by atoms with Crippen LogP contribution in [0, 0.1) is 12.8 Å². The number of amides is 1. The molecule has 1 aliphatic rings. The van der Waals surface area contributed by atoms with Crippen LogP contribution in [0.3, 0.4) is 0 Å². The number of esters is 1. The summed E-state index contributed by atoms with van der Waals surface area (Å²) < 4.78 is 10.7. The molecule has 0 aliphatic heterocycles. The molecule has 2 aromatic heterocycles. The van der Waals surface area contributed by atoms with Gasteiger partial charge < -0.3 is 14.6 Å². The highest BCUT2D eigenvalue weighted by Crippen LogP contribution is 2.32. The van der Waals surface area contributed by atoms with Crippen molar-refractivity contribution in [3.63, 3.8) is 0 Å². The van der Waals surface area contributed by atoms with Gasteiger partial charge in [-0.05, 0) is 50.2 Å². The van der Waals surface area contributed by atoms with Crippen molar-refractivity contribution in [1.82, 2.24) is 10.1 Å². The summed E-state index contributed by atoms with van der Waals surface area (Å²) in [6.45, 7) is 5.71. The maximum atomic E-state index is 13.3. The first-order chi connectivity index (χ1) is 14.5. The fourth-order valence-electron chi connectivity index (χ4n) is 3.94. The molecule has 7 nitrogen and oxygen atoms in total. The standard InChI is InChI=1S/C23H25N3O4/c1-4-19(22(27)25-20-12-14(3)30-26-20)29-23(28)21-15-7-5-6-8-17(15)24-18-10-9-13(2)11-16(18)21/h5-8,12-13,19H,4,9-11H2,1-3H3,(H,25,26,27). The fraction of sp³-hybridized carbons (Fsp3) is 0.391. The van der Waals surface area contributed by atoms with Crippen molar-refractivity contribution in [1.29, 1.82) is 0 Å². The molecule has 0 fully saturated rings. The zero-order chi connectivity index (χ0) is 21.3. The molecule has 2 heterocycles. The van der Waals surface area contributed by atoms with E-state index in [9.17, 15) is 9.59 Å². The number of para-hydroxylation sites is 1. The molecule has 0 radical (unpaired) electrons. The maximum absolute atomic E-state index is 13.3. The molecule has 1 aromatic carbocycles. The SMILES string of the molecule is CCC(OC(=O)c1c2c(nc3ccccc13)CCC(C)C2)C(=O)Nc1cc(C)on1. The van der Waals surface area contributed by atoms with Crippen molar-refractivity contribution in [3.8, 4) is 0 Å². The number of hydrogen-bond donors (Lipinski definition) is 1. The molecule has 4 rings (SSSR count). The van der Waals surface area contributed by atoms with E-state index in [1.54, 1.807) is 19.9 Å². The molecule has 0 spiro atoms. The third kappa shape index (κ3) is 3.92. The number of carbonyl (C=O) groups is 2. The van der Waals surface area contributed by atoms with Gasteiger partial charge in [-0.25, -0.2) is 4.79 Å². The Morgan fingerprint density at radius 1 is 1.33 bits per heavy atom. The van der Waals surface area contributed by atoms with Crippen molar-refractivity contribution < 1.29 is 18.8 Å². The lowest BCUT2D eigenvalue weighted by molar-refractivity contribution is -0.124. The maximum Gasteiger partial charge on any atom is 0.339 e. The van der Waals surface area contributed by atoms with E-state index in [0.29, 0.717) is 29.5 Å². The van der Waals surface area contributed by atoms with E-state index >= 15 is 0 Å². The van der Waals surface area contributed by atoms with E-state index in [4.69, 9.17) is 14.2 Å². The third-order valence-electron chi connectivity index (χ3n) is 5.50. The number of hydrogen-bond acceptors (Lipinski definition) is 6. The number of carbonyl (C=O) groups excluding carboxylic acids is 2. The lowest BCUT2D eigenvalue weighted by atomic mass is 9.84. The minimum atomic E-state index is -0.932. The van der Waals surface area contributed by atoms with Gasteiger partial charge in [0, 0.05) is 17.1 Å². The topological polar surface area (TPSA) is 94.3 Å². The summed E-state index contributed by atoms with van der Waals surface area (Å²) in [6.07, 6.45) is 2.07. The molecular formula is C23H25N3O4. The van der Waals surface area contributed by atoms with Crippen LogP contribution in [0.2, 0.25) is 0 Å². The largest absolute Gasteiger partial charge is 0.449 e. The van der Waals surface area contributed by atoms with E-state index in [2.05, 4.69) is 17.4 Å². The third-order valence-corrected chi connectivity index (χ3v) is 5.50. The number of pyridine rings is 1. The number of aryl methyl sites for hydroxylation is 2. The van der Waals surface area contributed by atoms with Crippen LogP contribution < -0.4 is 5.32 Å². The summed E-state index contributed by atoms with van der Waals surface area (Å²) in [6, 6.07) is 9.19. The minimum absolute atomic E-state index is 0.299. The Balaban J connectivity index is 1.65. The minimum Gasteiger partial charge on any atom is -0.449 e. The van der Waals surface area contributed by atoms with E-state index in [1.807, 2.05) is 24.3 Å². The lowest BCUT2D eigenvalue weighted by Gasteiger charge is -2.25. The highest BCUT2D eigenvalue weighted by atomic mass is 16.5. The molecule has 0 saturated heterocycles. The number of aromatic nitrogens is 2. The number of fused-ring (bicyclic) bond motifs is 2. The van der Waals surface area contributed by atoms with Crippen LogP contribution in [0.5, 0.6) is 0 Å². The quantitative estimate of drug-likeness (QED) is 0.636. The molecule has 7 heteroatoms. The van der Waals surface area contributed by atoms with Gasteiger partial charge in [0.25, 0.3) is 5.91 Å². The van der Waals surface area contributed by atoms with Gasteiger partial charge in [-0.1, -0.05) is 37.2 Å². The van der Waals surface area contributed by atoms with Crippen molar-refractivity contribution >= 4 is 28.6 Å². The highest BCUT2D eigenvalue weighted by Gasteiger charge is 2.29. The Labute approximate surface area is 174 Å². The number of rotatable bonds is 5. The molecule has 1 aliphatic carbocycles. The molecule has 156 valence electrons. The van der Waals surface area contributed by atoms with E-state index in [0.717, 1.165) is 41.4 Å². The molecule has 0 bridgehead atoms. The van der Waals surface area contributed by atoms with Gasteiger partial charge in [0.1, 0.15) is 5.76 Å². The van der Waals surface area contributed by atoms with Crippen LogP contribution in [0.15, 0.2) is 34.9 Å². The van der Waals surface area contributed by atoms with Crippen LogP contribution in [0.1, 0.15) is 54.1 Å². The van der Waals surface area contributed by atoms with Gasteiger partial charge >= 0.3 is 5.97 Å². The van der Waals surface area contributed by atoms with Crippen molar-refractivity contribution in [2.24, 2.45) is 5.92 Å². The first-order valence-corrected chi connectivity index (χ1v) is 10.3. The van der Waals surface area contributed by atoms with Crippen LogP contribution in [0.25, 0.3) is 10.9 Å². The van der Waals surface area contributed by atoms with Gasteiger partial charge in [0.2, 0.25) is 0 Å². The Bertz CT molecular complexity index is 1110. The second-order valence-corrected chi connectivity index (χ2v) is 7.89. The van der Waals surface area contributed by atoms with Crippen molar-refractivity contribution in [2.75, 3.05) is 5.32 Å². The predicted octanol–water partition coefficient (Wildman–Crippen LogP) is 4.23. The number of nitrogens with zero attached hydrogens (tertiary/aromatic N) is 2. The molecular weight excluding hydrogens is 382 g/mol. The number of benzene rings is 1. The Hall–Kier alpha value is -3.22. The predicted molar refractivity (Wildman–Crippen MR) is 112 cm³/mol. The Morgan fingerprint density at radius 2 is 2.13 bits per heavy atom. The molecule has 0 saturated carbocycles. The average molecular weight is 407 g/mol. The van der Waals surface area contributed by atoms with Crippen LogP contribution >= 0.6 is 0 Å². The second-order valence-electron chi connectivity index (χ2n) is 7.89. The summed E-state index contributed by atoms with van der Waals surface area (Å²) >= 11 is 0. The molecule has 1 N–H and O–H groups in total. The van der Waals surface area contributed by atoms with E-state index in [-0.39, 0.29) is 0 Å². The fourth-order valence-corrected chi connectivity index (χ4v) is 3.94. The monoisotopic (exact) mass is 407 g/mol. The summed E-state index contributed by atoms with van der Waals surface area (Å²) in [5, 5.41) is 7.17. The van der Waals surface area contributed by atoms with Crippen LogP contribution in [-0.4, -0.2) is 28.1 Å². The van der Waals surface area contributed by atoms with E-state index in [1.165, 1.54) is 0 Å². The van der Waals surface area contributed by atoms with Gasteiger partial charge in [-0.15, -0.1) is 0 Å². The summed E-state index contributed by atoms with van der Waals surface area (Å²) in [7, 11) is 0. The zero-order valence-corrected chi connectivity index (χ0v) is 17.4. The molecule has 1 amide bonds. The van der Waals surface area contributed by atoms with Crippen molar-refractivity contribution in [2.45, 2.75) is 52.6 Å². The molecule has 30 heavy (non-hydrogen) atoms. The van der Waals surface area contributed by atoms with Gasteiger partial charge in [0.15, 0.2) is 11.9 Å². The Kier molecular flexibility index (Phi) is 5.53. The average Bonchev–Trinajstić information content (AvgIpc) is 3.14. The number of ether oxygens (including phenoxy) is 1. The number of anilines is 1.